The number of ether oxygens (including phenoxy) is 1. The van der Waals surface area contributed by atoms with Gasteiger partial charge < -0.3 is 14.7 Å². The zero-order valence-electron chi connectivity index (χ0n) is 18.6. The molecule has 2 aliphatic rings. The van der Waals surface area contributed by atoms with Gasteiger partial charge in [-0.15, -0.1) is 13.2 Å². The van der Waals surface area contributed by atoms with Crippen LogP contribution in [0.3, 0.4) is 0 Å². The van der Waals surface area contributed by atoms with E-state index in [0.29, 0.717) is 16.8 Å². The van der Waals surface area contributed by atoms with Crippen molar-refractivity contribution in [3.05, 3.63) is 59.7 Å². The zero-order valence-corrected chi connectivity index (χ0v) is 19.4. The number of hydrogen-bond donors (Lipinski definition) is 1. The smallest absolute Gasteiger partial charge is 0.481 e. The molecule has 2 aromatic carbocycles. The minimum Gasteiger partial charge on any atom is -0.481 e. The topological polar surface area (TPSA) is 87.2 Å². The van der Waals surface area contributed by atoms with E-state index >= 15 is 0 Å². The fourth-order valence-corrected chi connectivity index (χ4v) is 7.75. The molecule has 0 aromatic heterocycles. The molecule has 4 rings (SSSR count). The van der Waals surface area contributed by atoms with Crippen molar-refractivity contribution in [2.45, 2.75) is 44.0 Å². The first-order chi connectivity index (χ1) is 15.9. The summed E-state index contributed by atoms with van der Waals surface area (Å²) in [5.74, 6) is -2.60. The van der Waals surface area contributed by atoms with E-state index in [0.717, 1.165) is 0 Å². The van der Waals surface area contributed by atoms with Gasteiger partial charge in [0.15, 0.2) is 0 Å². The van der Waals surface area contributed by atoms with Crippen molar-refractivity contribution in [2.24, 2.45) is 5.92 Å². The fraction of sp³-hybridized carbons (Fsp3) is 0.435. The van der Waals surface area contributed by atoms with Gasteiger partial charge in [-0.1, -0.05) is 30.3 Å². The predicted octanol–water partition coefficient (Wildman–Crippen LogP) is 3.81. The fourth-order valence-electron chi connectivity index (χ4n) is 5.17. The number of benzene rings is 2. The number of alkyl halides is 3. The molecule has 1 N–H and O–H groups in total. The van der Waals surface area contributed by atoms with Crippen LogP contribution in [0.4, 0.5) is 18.9 Å². The first-order valence-electron chi connectivity index (χ1n) is 10.8. The first kappa shape index (κ1) is 24.3. The highest BCUT2D eigenvalue weighted by atomic mass is 32.2. The maximum Gasteiger partial charge on any atom is 0.573 e. The summed E-state index contributed by atoms with van der Waals surface area (Å²) in [6.45, 7) is 3.89. The Kier molecular flexibility index (Phi) is 6.28. The van der Waals surface area contributed by atoms with Gasteiger partial charge in [0.25, 0.3) is 0 Å². The van der Waals surface area contributed by atoms with E-state index in [2.05, 4.69) is 4.74 Å². The van der Waals surface area contributed by atoms with Crippen LogP contribution in [0.2, 0.25) is 0 Å². The standard InChI is InChI=1S/C23H25F3N2O5S/c1-14-12-27(17-7-5-8-18(11-17)33-23(24,25)26)13-15(2)28(14)34(31,32)21-19-9-4-3-6-16(19)10-20(21)22(29)30/h3-9,11,14-15,20-21H,10,12-13H2,1-2H3,(H,29,30)/t14?,15?,20-,21+/m1/s1. The molecule has 0 saturated carbocycles. The van der Waals surface area contributed by atoms with Crippen LogP contribution in [-0.4, -0.2) is 55.3 Å². The number of carboxylic acids is 1. The third-order valence-corrected chi connectivity index (χ3v) is 8.89. The molecule has 1 heterocycles. The lowest BCUT2D eigenvalue weighted by Crippen LogP contribution is -2.59. The number of fused-ring (bicyclic) bond motifs is 1. The molecular weight excluding hydrogens is 473 g/mol. The average Bonchev–Trinajstić information content (AvgIpc) is 3.13. The molecule has 2 aromatic rings. The lowest BCUT2D eigenvalue weighted by atomic mass is 10.1. The molecule has 34 heavy (non-hydrogen) atoms. The number of carbonyl (C=O) groups is 1. The van der Waals surface area contributed by atoms with Gasteiger partial charge in [-0.2, -0.15) is 4.31 Å². The summed E-state index contributed by atoms with van der Waals surface area (Å²) in [6.07, 6.45) is -4.67. The third-order valence-electron chi connectivity index (χ3n) is 6.35. The number of halogens is 3. The molecule has 11 heteroatoms. The molecule has 4 atom stereocenters. The maximum atomic E-state index is 13.8. The van der Waals surface area contributed by atoms with E-state index in [-0.39, 0.29) is 25.3 Å². The van der Waals surface area contributed by atoms with Gasteiger partial charge in [0, 0.05) is 36.9 Å². The van der Waals surface area contributed by atoms with E-state index in [4.69, 9.17) is 0 Å². The Bertz CT molecular complexity index is 1180. The SMILES string of the molecule is CC1CN(c2cccc(OC(F)(F)F)c2)CC(C)N1S(=O)(=O)[C@H]1c2ccccc2C[C@H]1C(=O)O. The molecule has 1 fully saturated rings. The summed E-state index contributed by atoms with van der Waals surface area (Å²) < 4.78 is 70.9. The minimum atomic E-state index is -4.82. The number of aliphatic carboxylic acids is 1. The van der Waals surface area contributed by atoms with Gasteiger partial charge in [0.1, 0.15) is 11.0 Å². The van der Waals surface area contributed by atoms with E-state index < -0.39 is 45.6 Å². The molecular formula is C23H25F3N2O5S. The van der Waals surface area contributed by atoms with Gasteiger partial charge in [0.2, 0.25) is 10.0 Å². The first-order valence-corrected chi connectivity index (χ1v) is 12.3. The highest BCUT2D eigenvalue weighted by Gasteiger charge is 2.50. The van der Waals surface area contributed by atoms with Crippen molar-refractivity contribution in [3.8, 4) is 5.75 Å². The Balaban J connectivity index is 1.61. The predicted molar refractivity (Wildman–Crippen MR) is 119 cm³/mol. The second-order valence-corrected chi connectivity index (χ2v) is 10.8. The highest BCUT2D eigenvalue weighted by Crippen LogP contribution is 2.44. The third kappa shape index (κ3) is 4.58. The second kappa shape index (κ2) is 8.77. The van der Waals surface area contributed by atoms with E-state index in [1.807, 2.05) is 4.90 Å². The molecule has 1 aliphatic heterocycles. The molecule has 1 aliphatic carbocycles. The van der Waals surface area contributed by atoms with Crippen molar-refractivity contribution >= 4 is 21.7 Å². The molecule has 7 nitrogen and oxygen atoms in total. The Morgan fingerprint density at radius 2 is 1.71 bits per heavy atom. The van der Waals surface area contributed by atoms with Gasteiger partial charge in [-0.25, -0.2) is 8.42 Å². The van der Waals surface area contributed by atoms with Crippen molar-refractivity contribution in [1.29, 1.82) is 0 Å². The number of hydrogen-bond acceptors (Lipinski definition) is 5. The molecule has 0 spiro atoms. The van der Waals surface area contributed by atoms with Gasteiger partial charge in [-0.05, 0) is 43.5 Å². The van der Waals surface area contributed by atoms with Crippen molar-refractivity contribution in [1.82, 2.24) is 4.31 Å². The van der Waals surface area contributed by atoms with Gasteiger partial charge in [-0.3, -0.25) is 4.79 Å². The van der Waals surface area contributed by atoms with Crippen molar-refractivity contribution in [3.63, 3.8) is 0 Å². The van der Waals surface area contributed by atoms with Crippen LogP contribution < -0.4 is 9.64 Å². The normalized spacial score (nSPS) is 25.7. The van der Waals surface area contributed by atoms with Crippen LogP contribution in [-0.2, 0) is 21.2 Å². The second-order valence-electron chi connectivity index (χ2n) is 8.79. The number of carboxylic acid groups (broad SMARTS) is 1. The summed E-state index contributed by atoms with van der Waals surface area (Å²) in [4.78, 5) is 13.8. The Hall–Kier alpha value is -2.79. The van der Waals surface area contributed by atoms with Gasteiger partial charge in [0.05, 0.1) is 5.92 Å². The number of piperazine rings is 1. The molecule has 2 unspecified atom stereocenters. The van der Waals surface area contributed by atoms with Crippen molar-refractivity contribution in [2.75, 3.05) is 18.0 Å². The van der Waals surface area contributed by atoms with Crippen LogP contribution in [0.1, 0.15) is 30.2 Å². The number of rotatable bonds is 5. The number of sulfonamides is 1. The molecule has 1 saturated heterocycles. The summed E-state index contributed by atoms with van der Waals surface area (Å²) >= 11 is 0. The monoisotopic (exact) mass is 498 g/mol. The van der Waals surface area contributed by atoms with Crippen LogP contribution >= 0.6 is 0 Å². The Morgan fingerprint density at radius 1 is 1.06 bits per heavy atom. The number of nitrogens with zero attached hydrogens (tertiary/aromatic N) is 2. The Labute approximate surface area is 195 Å². The number of anilines is 1. The zero-order chi connectivity index (χ0) is 24.8. The molecule has 0 radical (unpaired) electrons. The quantitative estimate of drug-likeness (QED) is 0.675. The maximum absolute atomic E-state index is 13.8. The summed E-state index contributed by atoms with van der Waals surface area (Å²) in [5, 5.41) is 8.57. The van der Waals surface area contributed by atoms with Crippen LogP contribution in [0.15, 0.2) is 48.5 Å². The van der Waals surface area contributed by atoms with Gasteiger partial charge >= 0.3 is 12.3 Å². The van der Waals surface area contributed by atoms with E-state index in [1.54, 1.807) is 44.2 Å². The van der Waals surface area contributed by atoms with Crippen LogP contribution in [0.5, 0.6) is 5.75 Å². The lowest BCUT2D eigenvalue weighted by molar-refractivity contribution is -0.274. The molecule has 0 bridgehead atoms. The van der Waals surface area contributed by atoms with E-state index in [9.17, 15) is 31.5 Å². The lowest BCUT2D eigenvalue weighted by Gasteiger charge is -2.45. The van der Waals surface area contributed by atoms with Crippen LogP contribution in [0, 0.1) is 5.92 Å². The summed E-state index contributed by atoms with van der Waals surface area (Å²) in [6, 6.07) is 11.4. The van der Waals surface area contributed by atoms with E-state index in [1.165, 1.54) is 22.5 Å². The van der Waals surface area contributed by atoms with Crippen molar-refractivity contribution < 1.29 is 36.2 Å². The summed E-state index contributed by atoms with van der Waals surface area (Å²) in [5.41, 5.74) is 1.70. The Morgan fingerprint density at radius 3 is 2.32 bits per heavy atom. The average molecular weight is 499 g/mol. The molecule has 184 valence electrons. The minimum absolute atomic E-state index is 0.143. The molecule has 0 amide bonds. The highest BCUT2D eigenvalue weighted by molar-refractivity contribution is 7.89. The summed E-state index contributed by atoms with van der Waals surface area (Å²) in [7, 11) is -4.05. The van der Waals surface area contributed by atoms with Crippen LogP contribution in [0.25, 0.3) is 0 Å². The largest absolute Gasteiger partial charge is 0.573 e.